The Morgan fingerprint density at radius 1 is 1.19 bits per heavy atom. The van der Waals surface area contributed by atoms with E-state index in [1.807, 2.05) is 0 Å². The van der Waals surface area contributed by atoms with Crippen LogP contribution in [0, 0.1) is 0 Å². The molecule has 7 heteroatoms. The van der Waals surface area contributed by atoms with Gasteiger partial charge in [-0.2, -0.15) is 8.78 Å². The predicted octanol–water partition coefficient (Wildman–Crippen LogP) is 3.05. The van der Waals surface area contributed by atoms with Crippen molar-refractivity contribution in [3.63, 3.8) is 0 Å². The molecule has 118 valence electrons. The Bertz CT molecular complexity index is 560. The number of ether oxygens (including phenoxy) is 1. The SMILES string of the molecule is COC1CCCCC1Nc1ccc(S(=O)(=O)C(F)F)cc1. The smallest absolute Gasteiger partial charge is 0.341 e. The first-order chi connectivity index (χ1) is 9.95. The van der Waals surface area contributed by atoms with Crippen molar-refractivity contribution >= 4 is 15.5 Å². The fraction of sp³-hybridized carbons (Fsp3) is 0.571. The summed E-state index contributed by atoms with van der Waals surface area (Å²) in [7, 11) is -2.86. The van der Waals surface area contributed by atoms with Gasteiger partial charge in [0, 0.05) is 12.8 Å². The van der Waals surface area contributed by atoms with Crippen LogP contribution >= 0.6 is 0 Å². The van der Waals surface area contributed by atoms with E-state index < -0.39 is 15.6 Å². The van der Waals surface area contributed by atoms with Crippen molar-refractivity contribution in [2.75, 3.05) is 12.4 Å². The highest BCUT2D eigenvalue weighted by atomic mass is 32.2. The van der Waals surface area contributed by atoms with E-state index in [1.54, 1.807) is 7.11 Å². The van der Waals surface area contributed by atoms with Crippen LogP contribution in [0.25, 0.3) is 0 Å². The van der Waals surface area contributed by atoms with E-state index in [4.69, 9.17) is 4.74 Å². The van der Waals surface area contributed by atoms with Gasteiger partial charge in [-0.3, -0.25) is 0 Å². The zero-order valence-corrected chi connectivity index (χ0v) is 12.6. The standard InChI is InChI=1S/C14H19F2NO3S/c1-20-13-5-3-2-4-12(13)17-10-6-8-11(9-7-10)21(18,19)14(15)16/h6-9,12-14,17H,2-5H2,1H3. The number of halogens is 2. The highest BCUT2D eigenvalue weighted by Crippen LogP contribution is 2.25. The maximum atomic E-state index is 12.4. The third kappa shape index (κ3) is 3.71. The molecular weight excluding hydrogens is 300 g/mol. The Balaban J connectivity index is 2.09. The van der Waals surface area contributed by atoms with Gasteiger partial charge in [-0.05, 0) is 37.1 Å². The second-order valence-electron chi connectivity index (χ2n) is 5.14. The molecule has 2 unspecified atom stereocenters. The minimum absolute atomic E-state index is 0.114. The molecule has 1 aromatic carbocycles. The van der Waals surface area contributed by atoms with Gasteiger partial charge in [0.15, 0.2) is 0 Å². The van der Waals surface area contributed by atoms with Crippen LogP contribution in [-0.4, -0.2) is 33.4 Å². The Labute approximate surface area is 123 Å². The summed E-state index contributed by atoms with van der Waals surface area (Å²) < 4.78 is 53.0. The summed E-state index contributed by atoms with van der Waals surface area (Å²) in [6, 6.07) is 5.58. The minimum Gasteiger partial charge on any atom is -0.380 e. The highest BCUT2D eigenvalue weighted by Gasteiger charge is 2.27. The normalized spacial score (nSPS) is 23.2. The number of sulfone groups is 1. The van der Waals surface area contributed by atoms with E-state index in [2.05, 4.69) is 5.32 Å². The van der Waals surface area contributed by atoms with Crippen molar-refractivity contribution in [1.82, 2.24) is 0 Å². The molecule has 0 spiro atoms. The van der Waals surface area contributed by atoms with Gasteiger partial charge in [0.05, 0.1) is 17.0 Å². The van der Waals surface area contributed by atoms with E-state index in [-0.39, 0.29) is 17.0 Å². The number of hydrogen-bond donors (Lipinski definition) is 1. The maximum absolute atomic E-state index is 12.4. The lowest BCUT2D eigenvalue weighted by Gasteiger charge is -2.31. The molecule has 2 atom stereocenters. The fourth-order valence-corrected chi connectivity index (χ4v) is 3.32. The third-order valence-corrected chi connectivity index (χ3v) is 5.17. The lowest BCUT2D eigenvalue weighted by Crippen LogP contribution is -2.37. The molecule has 1 aliphatic carbocycles. The number of alkyl halides is 2. The molecule has 0 saturated heterocycles. The van der Waals surface area contributed by atoms with Gasteiger partial charge in [-0.25, -0.2) is 8.42 Å². The summed E-state index contributed by atoms with van der Waals surface area (Å²) in [6.07, 6.45) is 4.29. The zero-order valence-electron chi connectivity index (χ0n) is 11.8. The van der Waals surface area contributed by atoms with Gasteiger partial charge >= 0.3 is 5.76 Å². The van der Waals surface area contributed by atoms with Crippen molar-refractivity contribution in [3.05, 3.63) is 24.3 Å². The second kappa shape index (κ2) is 6.70. The van der Waals surface area contributed by atoms with Crippen LogP contribution in [0.5, 0.6) is 0 Å². The minimum atomic E-state index is -4.53. The molecule has 0 aliphatic heterocycles. The van der Waals surface area contributed by atoms with Crippen molar-refractivity contribution in [1.29, 1.82) is 0 Å². The predicted molar refractivity (Wildman–Crippen MR) is 76.3 cm³/mol. The van der Waals surface area contributed by atoms with Gasteiger partial charge in [0.25, 0.3) is 0 Å². The first kappa shape index (κ1) is 16.2. The van der Waals surface area contributed by atoms with Crippen molar-refractivity contribution < 1.29 is 21.9 Å². The molecule has 1 N–H and O–H groups in total. The summed E-state index contributed by atoms with van der Waals surface area (Å²) in [4.78, 5) is -0.366. The average molecular weight is 319 g/mol. The van der Waals surface area contributed by atoms with Gasteiger partial charge in [0.2, 0.25) is 9.84 Å². The van der Waals surface area contributed by atoms with Crippen LogP contribution in [0.1, 0.15) is 25.7 Å². The number of rotatable bonds is 5. The summed E-state index contributed by atoms with van der Waals surface area (Å²) in [5.74, 6) is -3.40. The molecule has 1 aliphatic rings. The molecule has 0 aromatic heterocycles. The second-order valence-corrected chi connectivity index (χ2v) is 7.06. The molecule has 0 heterocycles. The Kier molecular flexibility index (Phi) is 5.16. The molecule has 21 heavy (non-hydrogen) atoms. The monoisotopic (exact) mass is 319 g/mol. The lowest BCUT2D eigenvalue weighted by molar-refractivity contribution is 0.0606. The molecule has 1 aromatic rings. The lowest BCUT2D eigenvalue weighted by atomic mass is 9.92. The third-order valence-electron chi connectivity index (χ3n) is 3.77. The topological polar surface area (TPSA) is 55.4 Å². The van der Waals surface area contributed by atoms with Gasteiger partial charge in [-0.1, -0.05) is 12.8 Å². The molecule has 0 bridgehead atoms. The molecule has 1 saturated carbocycles. The van der Waals surface area contributed by atoms with Crippen LogP contribution in [0.15, 0.2) is 29.2 Å². The largest absolute Gasteiger partial charge is 0.380 e. The number of hydrogen-bond acceptors (Lipinski definition) is 4. The Morgan fingerprint density at radius 2 is 1.81 bits per heavy atom. The van der Waals surface area contributed by atoms with E-state index in [0.717, 1.165) is 25.7 Å². The van der Waals surface area contributed by atoms with E-state index >= 15 is 0 Å². The molecule has 0 radical (unpaired) electrons. The summed E-state index contributed by atoms with van der Waals surface area (Å²) in [6.45, 7) is 0. The number of methoxy groups -OCH3 is 1. The maximum Gasteiger partial charge on any atom is 0.341 e. The number of nitrogens with one attached hydrogen (secondary N) is 1. The van der Waals surface area contributed by atoms with E-state index in [0.29, 0.717) is 5.69 Å². The Morgan fingerprint density at radius 3 is 2.38 bits per heavy atom. The van der Waals surface area contributed by atoms with E-state index in [9.17, 15) is 17.2 Å². The van der Waals surface area contributed by atoms with Crippen LogP contribution in [0.2, 0.25) is 0 Å². The zero-order chi connectivity index (χ0) is 15.5. The van der Waals surface area contributed by atoms with E-state index in [1.165, 1.54) is 24.3 Å². The molecule has 0 amide bonds. The van der Waals surface area contributed by atoms with Gasteiger partial charge in [-0.15, -0.1) is 0 Å². The van der Waals surface area contributed by atoms with Crippen LogP contribution in [0.4, 0.5) is 14.5 Å². The van der Waals surface area contributed by atoms with Crippen LogP contribution < -0.4 is 5.32 Å². The number of anilines is 1. The number of benzene rings is 1. The molecule has 2 rings (SSSR count). The average Bonchev–Trinajstić information content (AvgIpc) is 2.48. The van der Waals surface area contributed by atoms with Crippen LogP contribution in [-0.2, 0) is 14.6 Å². The van der Waals surface area contributed by atoms with Crippen molar-refractivity contribution in [2.45, 2.75) is 48.5 Å². The van der Waals surface area contributed by atoms with Crippen molar-refractivity contribution in [2.24, 2.45) is 0 Å². The van der Waals surface area contributed by atoms with Gasteiger partial charge in [0.1, 0.15) is 0 Å². The quantitative estimate of drug-likeness (QED) is 0.906. The molecular formula is C14H19F2NO3S. The fourth-order valence-electron chi connectivity index (χ4n) is 2.60. The summed E-state index contributed by atoms with van der Waals surface area (Å²) >= 11 is 0. The summed E-state index contributed by atoms with van der Waals surface area (Å²) in [5, 5.41) is 3.28. The van der Waals surface area contributed by atoms with Crippen LogP contribution in [0.3, 0.4) is 0 Å². The van der Waals surface area contributed by atoms with Gasteiger partial charge < -0.3 is 10.1 Å². The Hall–Kier alpha value is -1.21. The first-order valence-electron chi connectivity index (χ1n) is 6.86. The molecule has 1 fully saturated rings. The van der Waals surface area contributed by atoms with Crippen molar-refractivity contribution in [3.8, 4) is 0 Å². The first-order valence-corrected chi connectivity index (χ1v) is 8.41. The highest BCUT2D eigenvalue weighted by molar-refractivity contribution is 7.91. The molecule has 4 nitrogen and oxygen atoms in total. The summed E-state index contributed by atoms with van der Waals surface area (Å²) in [5.41, 5.74) is 0.706.